The topological polar surface area (TPSA) is 82.6 Å². The number of nitrogens with one attached hydrogen (secondary N) is 1. The molecule has 0 saturated carbocycles. The van der Waals surface area contributed by atoms with Crippen molar-refractivity contribution >= 4 is 57.2 Å². The summed E-state index contributed by atoms with van der Waals surface area (Å²) >= 11 is 12.5. The highest BCUT2D eigenvalue weighted by molar-refractivity contribution is 6.52. The van der Waals surface area contributed by atoms with Gasteiger partial charge >= 0.3 is 0 Å². The molecule has 176 valence electrons. The Hall–Kier alpha value is -3.81. The van der Waals surface area contributed by atoms with Crippen LogP contribution in [-0.4, -0.2) is 28.9 Å². The van der Waals surface area contributed by atoms with Crippen molar-refractivity contribution in [2.45, 2.75) is 6.04 Å². The van der Waals surface area contributed by atoms with Crippen molar-refractivity contribution in [3.8, 4) is 5.75 Å². The number of aromatic nitrogens is 1. The van der Waals surface area contributed by atoms with Crippen LogP contribution in [0, 0.1) is 5.82 Å². The van der Waals surface area contributed by atoms with Crippen molar-refractivity contribution in [3.05, 3.63) is 99.4 Å². The van der Waals surface area contributed by atoms with Gasteiger partial charge in [0, 0.05) is 33.9 Å². The van der Waals surface area contributed by atoms with Crippen LogP contribution in [0.15, 0.2) is 72.4 Å². The highest BCUT2D eigenvalue weighted by Gasteiger charge is 2.47. The number of hydrogen-bond donors (Lipinski definition) is 2. The van der Waals surface area contributed by atoms with Gasteiger partial charge in [0.1, 0.15) is 11.6 Å². The van der Waals surface area contributed by atoms with Gasteiger partial charge in [-0.1, -0.05) is 41.4 Å². The van der Waals surface area contributed by atoms with E-state index >= 15 is 0 Å². The van der Waals surface area contributed by atoms with Crippen LogP contribution in [0.1, 0.15) is 17.2 Å². The Morgan fingerprint density at radius 1 is 1.06 bits per heavy atom. The summed E-state index contributed by atoms with van der Waals surface area (Å²) in [7, 11) is 1.40. The molecule has 1 unspecified atom stereocenters. The number of carbonyl (C=O) groups excluding carboxylic acids is 2. The van der Waals surface area contributed by atoms with Crippen LogP contribution in [0.2, 0.25) is 10.0 Å². The minimum absolute atomic E-state index is 0.123. The largest absolute Gasteiger partial charge is 0.507 e. The smallest absolute Gasteiger partial charge is 0.300 e. The van der Waals surface area contributed by atoms with E-state index in [0.29, 0.717) is 11.3 Å². The number of aromatic amines is 1. The van der Waals surface area contributed by atoms with Gasteiger partial charge in [-0.15, -0.1) is 0 Å². The van der Waals surface area contributed by atoms with Gasteiger partial charge in [0.15, 0.2) is 5.75 Å². The number of carbonyl (C=O) groups is 2. The van der Waals surface area contributed by atoms with E-state index in [1.807, 2.05) is 24.3 Å². The molecule has 35 heavy (non-hydrogen) atoms. The van der Waals surface area contributed by atoms with Crippen molar-refractivity contribution in [3.63, 3.8) is 0 Å². The summed E-state index contributed by atoms with van der Waals surface area (Å²) in [6.07, 6.45) is 1.68. The summed E-state index contributed by atoms with van der Waals surface area (Å²) in [5.74, 6) is -2.49. The van der Waals surface area contributed by atoms with Crippen molar-refractivity contribution in [1.82, 2.24) is 4.98 Å². The molecular weight excluding hydrogens is 494 g/mol. The SMILES string of the molecule is COc1c(Cl)cc(/C(O)=C2\C(=O)C(=O)N(c3ccc(F)cc3)C2c2c[nH]c3ccccc23)cc1Cl. The lowest BCUT2D eigenvalue weighted by Gasteiger charge is -2.25. The molecule has 3 aromatic carbocycles. The fraction of sp³-hybridized carbons (Fsp3) is 0.0769. The van der Waals surface area contributed by atoms with Crippen LogP contribution in [0.4, 0.5) is 10.1 Å². The highest BCUT2D eigenvalue weighted by atomic mass is 35.5. The number of para-hydroxylation sites is 1. The molecule has 0 bridgehead atoms. The number of aliphatic hydroxyl groups is 1. The molecule has 2 N–H and O–H groups in total. The average Bonchev–Trinajstić information content (AvgIpc) is 3.38. The average molecular weight is 511 g/mol. The monoisotopic (exact) mass is 510 g/mol. The molecule has 1 aliphatic heterocycles. The number of benzene rings is 3. The fourth-order valence-electron chi connectivity index (χ4n) is 4.36. The van der Waals surface area contributed by atoms with E-state index in [1.54, 1.807) is 6.20 Å². The number of aliphatic hydroxyl groups excluding tert-OH is 1. The fourth-order valence-corrected chi connectivity index (χ4v) is 5.00. The molecule has 1 aliphatic rings. The molecule has 1 saturated heterocycles. The van der Waals surface area contributed by atoms with Crippen molar-refractivity contribution < 1.29 is 23.8 Å². The molecule has 0 aliphatic carbocycles. The number of amides is 1. The second kappa shape index (κ2) is 8.76. The predicted octanol–water partition coefficient (Wildman–Crippen LogP) is 6.25. The third kappa shape index (κ3) is 3.73. The molecule has 5 rings (SSSR count). The maximum Gasteiger partial charge on any atom is 0.300 e. The van der Waals surface area contributed by atoms with E-state index in [1.165, 1.54) is 48.4 Å². The normalized spacial score (nSPS) is 17.4. The van der Waals surface area contributed by atoms with Crippen LogP contribution in [0.25, 0.3) is 16.7 Å². The molecule has 1 aromatic heterocycles. The quantitative estimate of drug-likeness (QED) is 0.193. The first-order valence-electron chi connectivity index (χ1n) is 10.5. The Labute approximate surface area is 209 Å². The Morgan fingerprint density at radius 2 is 1.71 bits per heavy atom. The van der Waals surface area contributed by atoms with Crippen LogP contribution in [0.3, 0.4) is 0 Å². The molecule has 1 amide bonds. The Morgan fingerprint density at radius 3 is 2.37 bits per heavy atom. The first kappa shape index (κ1) is 23.0. The zero-order valence-electron chi connectivity index (χ0n) is 18.2. The minimum Gasteiger partial charge on any atom is -0.507 e. The second-order valence-electron chi connectivity index (χ2n) is 7.91. The maximum absolute atomic E-state index is 13.6. The van der Waals surface area contributed by atoms with E-state index in [-0.39, 0.29) is 26.9 Å². The number of ketones is 1. The number of Topliss-reactive ketones (excluding diaryl/α,β-unsaturated/α-hetero) is 1. The van der Waals surface area contributed by atoms with Crippen molar-refractivity contribution in [1.29, 1.82) is 0 Å². The summed E-state index contributed by atoms with van der Waals surface area (Å²) < 4.78 is 18.8. The number of H-pyrrole nitrogens is 1. The van der Waals surface area contributed by atoms with E-state index < -0.39 is 29.3 Å². The molecule has 4 aromatic rings. The Kier molecular flexibility index (Phi) is 5.75. The number of nitrogens with zero attached hydrogens (tertiary/aromatic N) is 1. The first-order valence-corrected chi connectivity index (χ1v) is 11.2. The number of methoxy groups -OCH3 is 1. The maximum atomic E-state index is 13.6. The van der Waals surface area contributed by atoms with Crippen molar-refractivity contribution in [2.24, 2.45) is 0 Å². The summed E-state index contributed by atoms with van der Waals surface area (Å²) in [4.78, 5) is 31.0. The lowest BCUT2D eigenvalue weighted by atomic mass is 9.94. The molecule has 1 fully saturated rings. The van der Waals surface area contributed by atoms with E-state index in [0.717, 1.165) is 10.9 Å². The molecule has 2 heterocycles. The molecular formula is C26H17Cl2FN2O4. The molecule has 9 heteroatoms. The number of rotatable bonds is 4. The second-order valence-corrected chi connectivity index (χ2v) is 8.72. The number of hydrogen-bond acceptors (Lipinski definition) is 4. The van der Waals surface area contributed by atoms with Gasteiger partial charge in [0.05, 0.1) is 28.8 Å². The van der Waals surface area contributed by atoms with Crippen LogP contribution in [-0.2, 0) is 9.59 Å². The van der Waals surface area contributed by atoms with Gasteiger partial charge in [-0.25, -0.2) is 4.39 Å². The van der Waals surface area contributed by atoms with Crippen LogP contribution in [0.5, 0.6) is 5.75 Å². The minimum atomic E-state index is -1.00. The highest BCUT2D eigenvalue weighted by Crippen LogP contribution is 2.45. The molecule has 1 atom stereocenters. The van der Waals surface area contributed by atoms with Crippen LogP contribution < -0.4 is 9.64 Å². The standard InChI is InChI=1S/C26H17Cl2FN2O4/c1-35-25-18(27)10-13(11-19(25)28)23(32)21-22(17-12-30-20-5-3-2-4-16(17)20)31(26(34)24(21)33)15-8-6-14(29)7-9-15/h2-12,22,30,32H,1H3/b23-21+. The third-order valence-electron chi connectivity index (χ3n) is 5.94. The van der Waals surface area contributed by atoms with Gasteiger partial charge in [0.25, 0.3) is 11.7 Å². The summed E-state index contributed by atoms with van der Waals surface area (Å²) in [5.41, 5.74) is 1.65. The van der Waals surface area contributed by atoms with Gasteiger partial charge in [0.2, 0.25) is 0 Å². The van der Waals surface area contributed by atoms with Gasteiger partial charge in [-0.3, -0.25) is 14.5 Å². The molecule has 6 nitrogen and oxygen atoms in total. The summed E-state index contributed by atoms with van der Waals surface area (Å²) in [6.45, 7) is 0. The first-order chi connectivity index (χ1) is 16.8. The van der Waals surface area contributed by atoms with Gasteiger partial charge in [-0.05, 0) is 42.5 Å². The van der Waals surface area contributed by atoms with E-state index in [9.17, 15) is 19.1 Å². The zero-order chi connectivity index (χ0) is 24.9. The Balaban J connectivity index is 1.78. The van der Waals surface area contributed by atoms with Crippen LogP contribution >= 0.6 is 23.2 Å². The number of ether oxygens (including phenoxy) is 1. The van der Waals surface area contributed by atoms with E-state index in [2.05, 4.69) is 4.98 Å². The lowest BCUT2D eigenvalue weighted by Crippen LogP contribution is -2.29. The predicted molar refractivity (Wildman–Crippen MR) is 132 cm³/mol. The van der Waals surface area contributed by atoms with E-state index in [4.69, 9.17) is 27.9 Å². The van der Waals surface area contributed by atoms with Gasteiger partial charge in [-0.2, -0.15) is 0 Å². The number of fused-ring (bicyclic) bond motifs is 1. The molecule has 0 spiro atoms. The molecule has 0 radical (unpaired) electrons. The lowest BCUT2D eigenvalue weighted by molar-refractivity contribution is -0.132. The van der Waals surface area contributed by atoms with Gasteiger partial charge < -0.3 is 14.8 Å². The number of halogens is 3. The number of anilines is 1. The third-order valence-corrected chi connectivity index (χ3v) is 6.50. The Bertz CT molecular complexity index is 1510. The van der Waals surface area contributed by atoms with Crippen molar-refractivity contribution in [2.75, 3.05) is 12.0 Å². The zero-order valence-corrected chi connectivity index (χ0v) is 19.7. The summed E-state index contributed by atoms with van der Waals surface area (Å²) in [5, 5.41) is 12.3. The summed E-state index contributed by atoms with van der Waals surface area (Å²) in [6, 6.07) is 14.4.